The lowest BCUT2D eigenvalue weighted by Gasteiger charge is -2.08. The highest BCUT2D eigenvalue weighted by molar-refractivity contribution is 7.17. The summed E-state index contributed by atoms with van der Waals surface area (Å²) in [6.07, 6.45) is 1.63. The highest BCUT2D eigenvalue weighted by atomic mass is 32.1. The van der Waals surface area contributed by atoms with Crippen molar-refractivity contribution in [2.75, 3.05) is 11.9 Å². The van der Waals surface area contributed by atoms with Crippen molar-refractivity contribution in [3.8, 4) is 0 Å². The van der Waals surface area contributed by atoms with E-state index in [9.17, 15) is 9.59 Å². The number of carbonyl (C=O) groups excluding carboxylic acids is 1. The smallest absolute Gasteiger partial charge is 0.347 e. The van der Waals surface area contributed by atoms with E-state index in [0.717, 1.165) is 11.3 Å². The van der Waals surface area contributed by atoms with Crippen LogP contribution in [0.5, 0.6) is 0 Å². The third-order valence-corrected chi connectivity index (χ3v) is 2.74. The highest BCUT2D eigenvalue weighted by Crippen LogP contribution is 2.17. The summed E-state index contributed by atoms with van der Waals surface area (Å²) in [5, 5.41) is 14.9. The molecule has 0 atom stereocenters. The van der Waals surface area contributed by atoms with E-state index in [1.54, 1.807) is 0 Å². The van der Waals surface area contributed by atoms with Crippen molar-refractivity contribution in [1.29, 1.82) is 0 Å². The van der Waals surface area contributed by atoms with Crippen molar-refractivity contribution in [3.05, 3.63) is 11.1 Å². The fourth-order valence-corrected chi connectivity index (χ4v) is 1.81. The zero-order valence-corrected chi connectivity index (χ0v) is 10.5. The molecule has 0 saturated heterocycles. The molecule has 0 aliphatic carbocycles. The molecule has 0 aliphatic rings. The Balaban J connectivity index is 2.31. The molecule has 0 fully saturated rings. The van der Waals surface area contributed by atoms with E-state index < -0.39 is 5.97 Å². The lowest BCUT2D eigenvalue weighted by atomic mass is 10.3. The van der Waals surface area contributed by atoms with Gasteiger partial charge in [0.25, 0.3) is 0 Å². The van der Waals surface area contributed by atoms with Gasteiger partial charge in [-0.15, -0.1) is 0 Å². The molecule has 0 aromatic carbocycles. The molecule has 0 unspecified atom stereocenters. The van der Waals surface area contributed by atoms with Gasteiger partial charge in [0.2, 0.25) is 5.91 Å². The first-order valence-corrected chi connectivity index (χ1v) is 6.03. The van der Waals surface area contributed by atoms with Gasteiger partial charge < -0.3 is 15.7 Å². The molecule has 0 radical (unpaired) electrons. The van der Waals surface area contributed by atoms with E-state index in [4.69, 9.17) is 5.11 Å². The molecule has 1 aromatic rings. The number of hydrogen-bond donors (Lipinski definition) is 3. The second-order valence-corrected chi connectivity index (χ2v) is 4.76. The largest absolute Gasteiger partial charge is 0.477 e. The Kier molecular flexibility index (Phi) is 4.89. The van der Waals surface area contributed by atoms with E-state index in [-0.39, 0.29) is 16.8 Å². The Morgan fingerprint density at radius 3 is 2.76 bits per heavy atom. The lowest BCUT2D eigenvalue weighted by Crippen LogP contribution is -2.31. The summed E-state index contributed by atoms with van der Waals surface area (Å²) in [6, 6.07) is 0.126. The monoisotopic (exact) mass is 257 g/mol. The quantitative estimate of drug-likeness (QED) is 0.711. The maximum atomic E-state index is 11.3. The minimum absolute atomic E-state index is 0.0393. The van der Waals surface area contributed by atoms with Crippen LogP contribution >= 0.6 is 11.3 Å². The fraction of sp³-hybridized carbons (Fsp3) is 0.500. The fourth-order valence-electron chi connectivity index (χ4n) is 1.13. The highest BCUT2D eigenvalue weighted by Gasteiger charge is 2.08. The molecule has 7 heteroatoms. The SMILES string of the molecule is CC(C)NC(=O)CCNc1ncc(C(=O)O)s1. The number of carboxylic acids is 1. The Labute approximate surface area is 103 Å². The molecule has 94 valence electrons. The summed E-state index contributed by atoms with van der Waals surface area (Å²) < 4.78 is 0. The van der Waals surface area contributed by atoms with E-state index in [0.29, 0.717) is 18.1 Å². The van der Waals surface area contributed by atoms with Gasteiger partial charge >= 0.3 is 5.97 Å². The summed E-state index contributed by atoms with van der Waals surface area (Å²) >= 11 is 1.05. The van der Waals surface area contributed by atoms with Crippen molar-refractivity contribution in [2.24, 2.45) is 0 Å². The van der Waals surface area contributed by atoms with Crippen molar-refractivity contribution >= 4 is 28.3 Å². The van der Waals surface area contributed by atoms with Gasteiger partial charge in [0, 0.05) is 19.0 Å². The average Bonchev–Trinajstić information content (AvgIpc) is 2.65. The number of nitrogens with one attached hydrogen (secondary N) is 2. The first-order chi connectivity index (χ1) is 7.99. The Morgan fingerprint density at radius 1 is 1.53 bits per heavy atom. The molecule has 1 amide bonds. The van der Waals surface area contributed by atoms with Crippen LogP contribution < -0.4 is 10.6 Å². The first-order valence-electron chi connectivity index (χ1n) is 5.21. The molecular weight excluding hydrogens is 242 g/mol. The second-order valence-electron chi connectivity index (χ2n) is 3.73. The van der Waals surface area contributed by atoms with Gasteiger partial charge in [-0.1, -0.05) is 11.3 Å². The minimum atomic E-state index is -0.992. The first kappa shape index (κ1) is 13.4. The lowest BCUT2D eigenvalue weighted by molar-refractivity contribution is -0.121. The van der Waals surface area contributed by atoms with Crippen LogP contribution in [-0.2, 0) is 4.79 Å². The third-order valence-electron chi connectivity index (χ3n) is 1.79. The average molecular weight is 257 g/mol. The maximum absolute atomic E-state index is 11.3. The van der Waals surface area contributed by atoms with Gasteiger partial charge in [0.1, 0.15) is 4.88 Å². The van der Waals surface area contributed by atoms with Crippen LogP contribution in [0.4, 0.5) is 5.13 Å². The number of anilines is 1. The molecule has 0 bridgehead atoms. The molecule has 0 spiro atoms. The summed E-state index contributed by atoms with van der Waals surface area (Å²) in [6.45, 7) is 4.22. The zero-order valence-electron chi connectivity index (χ0n) is 9.69. The molecule has 17 heavy (non-hydrogen) atoms. The van der Waals surface area contributed by atoms with Crippen LogP contribution in [0.25, 0.3) is 0 Å². The van der Waals surface area contributed by atoms with Gasteiger partial charge in [0.05, 0.1) is 6.20 Å². The molecule has 1 rings (SSSR count). The molecular formula is C10H15N3O3S. The number of thiazole rings is 1. The van der Waals surface area contributed by atoms with Crippen molar-refractivity contribution in [3.63, 3.8) is 0 Å². The van der Waals surface area contributed by atoms with E-state index in [2.05, 4.69) is 15.6 Å². The molecule has 0 aliphatic heterocycles. The third kappa shape index (κ3) is 4.81. The van der Waals surface area contributed by atoms with Gasteiger partial charge in [-0.2, -0.15) is 0 Å². The van der Waals surface area contributed by atoms with Crippen LogP contribution in [0.15, 0.2) is 6.20 Å². The summed E-state index contributed by atoms with van der Waals surface area (Å²) in [5.41, 5.74) is 0. The normalized spacial score (nSPS) is 10.3. The predicted octanol–water partition coefficient (Wildman–Crippen LogP) is 1.17. The van der Waals surface area contributed by atoms with Crippen LogP contribution in [0.2, 0.25) is 0 Å². The Hall–Kier alpha value is -1.63. The number of aromatic nitrogens is 1. The number of carbonyl (C=O) groups is 2. The van der Waals surface area contributed by atoms with Crippen molar-refractivity contribution in [1.82, 2.24) is 10.3 Å². The topological polar surface area (TPSA) is 91.3 Å². The second kappa shape index (κ2) is 6.19. The minimum Gasteiger partial charge on any atom is -0.477 e. The Morgan fingerprint density at radius 2 is 2.24 bits per heavy atom. The van der Waals surface area contributed by atoms with Crippen LogP contribution in [0, 0.1) is 0 Å². The van der Waals surface area contributed by atoms with Gasteiger partial charge in [-0.05, 0) is 13.8 Å². The van der Waals surface area contributed by atoms with E-state index >= 15 is 0 Å². The van der Waals surface area contributed by atoms with E-state index in [1.165, 1.54) is 6.20 Å². The number of nitrogens with zero attached hydrogens (tertiary/aromatic N) is 1. The predicted molar refractivity (Wildman–Crippen MR) is 65.5 cm³/mol. The molecule has 1 heterocycles. The number of carboxylic acid groups (broad SMARTS) is 1. The van der Waals surface area contributed by atoms with Gasteiger partial charge in [-0.3, -0.25) is 4.79 Å². The number of aromatic carboxylic acids is 1. The van der Waals surface area contributed by atoms with E-state index in [1.807, 2.05) is 13.8 Å². The molecule has 0 saturated carbocycles. The number of rotatable bonds is 6. The van der Waals surface area contributed by atoms with Gasteiger partial charge in [0.15, 0.2) is 5.13 Å². The molecule has 3 N–H and O–H groups in total. The number of amides is 1. The molecule has 1 aromatic heterocycles. The Bertz CT molecular complexity index is 403. The summed E-state index contributed by atoms with van der Waals surface area (Å²) in [5.74, 6) is -1.03. The van der Waals surface area contributed by atoms with Crippen molar-refractivity contribution in [2.45, 2.75) is 26.3 Å². The maximum Gasteiger partial charge on any atom is 0.347 e. The standard InChI is InChI=1S/C10H15N3O3S/c1-6(2)13-8(14)3-4-11-10-12-5-7(17-10)9(15)16/h5-6H,3-4H2,1-2H3,(H,11,12)(H,13,14)(H,15,16). The summed E-state index contributed by atoms with van der Waals surface area (Å²) in [4.78, 5) is 26.0. The van der Waals surface area contributed by atoms with Crippen LogP contribution in [0.3, 0.4) is 0 Å². The van der Waals surface area contributed by atoms with Crippen LogP contribution in [-0.4, -0.2) is 34.6 Å². The van der Waals surface area contributed by atoms with Crippen LogP contribution in [0.1, 0.15) is 29.9 Å². The zero-order chi connectivity index (χ0) is 12.8. The van der Waals surface area contributed by atoms with Gasteiger partial charge in [-0.25, -0.2) is 9.78 Å². The number of hydrogen-bond acceptors (Lipinski definition) is 5. The van der Waals surface area contributed by atoms with Crippen molar-refractivity contribution < 1.29 is 14.7 Å². The molecule has 6 nitrogen and oxygen atoms in total. The summed E-state index contributed by atoms with van der Waals surface area (Å²) in [7, 11) is 0.